The van der Waals surface area contributed by atoms with Crippen LogP contribution in [0.2, 0.25) is 0 Å². The fourth-order valence-electron chi connectivity index (χ4n) is 2.60. The SMILES string of the molecule is CCCCCc1ccnc(C(N)C(=O)C(N)Cc2ccc(O)cc2)n1. The summed E-state index contributed by atoms with van der Waals surface area (Å²) in [5, 5.41) is 9.31. The first-order valence-electron chi connectivity index (χ1n) is 8.66. The molecule has 0 saturated heterocycles. The molecule has 0 bridgehead atoms. The minimum atomic E-state index is -0.932. The van der Waals surface area contributed by atoms with Crippen molar-refractivity contribution >= 4 is 5.78 Å². The first-order valence-corrected chi connectivity index (χ1v) is 8.66. The van der Waals surface area contributed by atoms with Gasteiger partial charge in [-0.2, -0.15) is 0 Å². The van der Waals surface area contributed by atoms with Gasteiger partial charge in [0.1, 0.15) is 11.8 Å². The third kappa shape index (κ3) is 5.62. The van der Waals surface area contributed by atoms with Gasteiger partial charge in [-0.3, -0.25) is 4.79 Å². The zero-order chi connectivity index (χ0) is 18.2. The van der Waals surface area contributed by atoms with Crippen molar-refractivity contribution in [1.29, 1.82) is 0 Å². The molecule has 0 aliphatic heterocycles. The monoisotopic (exact) mass is 342 g/mol. The Labute approximate surface area is 148 Å². The van der Waals surface area contributed by atoms with Crippen molar-refractivity contribution in [2.75, 3.05) is 0 Å². The Morgan fingerprint density at radius 1 is 1.16 bits per heavy atom. The van der Waals surface area contributed by atoms with Crippen LogP contribution in [0.5, 0.6) is 5.75 Å². The van der Waals surface area contributed by atoms with E-state index in [-0.39, 0.29) is 11.5 Å². The zero-order valence-corrected chi connectivity index (χ0v) is 14.6. The number of phenolic OH excluding ortho intramolecular Hbond substituents is 1. The van der Waals surface area contributed by atoms with Crippen molar-refractivity contribution in [3.8, 4) is 5.75 Å². The molecule has 6 heteroatoms. The van der Waals surface area contributed by atoms with Crippen LogP contribution in [-0.2, 0) is 17.6 Å². The summed E-state index contributed by atoms with van der Waals surface area (Å²) in [5.74, 6) is 0.201. The molecule has 0 radical (unpaired) electrons. The van der Waals surface area contributed by atoms with E-state index in [1.54, 1.807) is 30.5 Å². The fourth-order valence-corrected chi connectivity index (χ4v) is 2.60. The molecule has 0 saturated carbocycles. The summed E-state index contributed by atoms with van der Waals surface area (Å²) in [6.07, 6.45) is 6.18. The Morgan fingerprint density at radius 3 is 2.56 bits per heavy atom. The van der Waals surface area contributed by atoms with Crippen LogP contribution in [0.1, 0.15) is 49.3 Å². The molecule has 0 aliphatic carbocycles. The second-order valence-corrected chi connectivity index (χ2v) is 6.22. The maximum atomic E-state index is 12.5. The quantitative estimate of drug-likeness (QED) is 0.601. The van der Waals surface area contributed by atoms with Gasteiger partial charge in [-0.1, -0.05) is 31.9 Å². The summed E-state index contributed by atoms with van der Waals surface area (Å²) in [6, 6.07) is 6.78. The summed E-state index contributed by atoms with van der Waals surface area (Å²) in [7, 11) is 0. The molecular formula is C19H26N4O2. The second-order valence-electron chi connectivity index (χ2n) is 6.22. The molecule has 0 fully saturated rings. The summed E-state index contributed by atoms with van der Waals surface area (Å²) in [4.78, 5) is 21.1. The van der Waals surface area contributed by atoms with Gasteiger partial charge in [0, 0.05) is 11.9 Å². The van der Waals surface area contributed by atoms with Gasteiger partial charge < -0.3 is 16.6 Å². The molecule has 2 aromatic rings. The van der Waals surface area contributed by atoms with E-state index >= 15 is 0 Å². The number of aromatic nitrogens is 2. The minimum Gasteiger partial charge on any atom is -0.508 e. The van der Waals surface area contributed by atoms with Crippen molar-refractivity contribution in [3.05, 3.63) is 53.6 Å². The smallest absolute Gasteiger partial charge is 0.174 e. The highest BCUT2D eigenvalue weighted by Gasteiger charge is 2.25. The normalized spacial score (nSPS) is 13.4. The molecule has 2 unspecified atom stereocenters. The molecule has 25 heavy (non-hydrogen) atoms. The molecule has 1 heterocycles. The number of Topliss-reactive ketones (excluding diaryl/α,β-unsaturated/α-hetero) is 1. The average Bonchev–Trinajstić information content (AvgIpc) is 2.63. The van der Waals surface area contributed by atoms with Gasteiger partial charge in [0.2, 0.25) is 0 Å². The molecule has 1 aromatic heterocycles. The second kappa shape index (κ2) is 9.25. The van der Waals surface area contributed by atoms with E-state index in [2.05, 4.69) is 16.9 Å². The lowest BCUT2D eigenvalue weighted by atomic mass is 9.98. The van der Waals surface area contributed by atoms with Gasteiger partial charge in [-0.25, -0.2) is 9.97 Å². The predicted molar refractivity (Wildman–Crippen MR) is 97.0 cm³/mol. The third-order valence-corrected chi connectivity index (χ3v) is 4.11. The van der Waals surface area contributed by atoms with E-state index < -0.39 is 12.1 Å². The Hall–Kier alpha value is -2.31. The maximum Gasteiger partial charge on any atom is 0.174 e. The molecule has 2 rings (SSSR count). The van der Waals surface area contributed by atoms with Gasteiger partial charge in [0.05, 0.1) is 6.04 Å². The number of hydrogen-bond acceptors (Lipinski definition) is 6. The first-order chi connectivity index (χ1) is 12.0. The van der Waals surface area contributed by atoms with Crippen LogP contribution >= 0.6 is 0 Å². The highest BCUT2D eigenvalue weighted by atomic mass is 16.3. The number of benzene rings is 1. The lowest BCUT2D eigenvalue weighted by Gasteiger charge is -2.16. The average molecular weight is 342 g/mol. The van der Waals surface area contributed by atoms with E-state index in [1.807, 2.05) is 6.07 Å². The van der Waals surface area contributed by atoms with Crippen LogP contribution < -0.4 is 11.5 Å². The van der Waals surface area contributed by atoms with Gasteiger partial charge in [-0.05, 0) is 43.0 Å². The molecule has 1 aromatic carbocycles. The molecule has 134 valence electrons. The number of unbranched alkanes of at least 4 members (excludes halogenated alkanes) is 2. The van der Waals surface area contributed by atoms with E-state index in [9.17, 15) is 9.90 Å². The number of carbonyl (C=O) groups is 1. The summed E-state index contributed by atoms with van der Waals surface area (Å²) < 4.78 is 0. The highest BCUT2D eigenvalue weighted by Crippen LogP contribution is 2.14. The van der Waals surface area contributed by atoms with Crippen LogP contribution in [0.3, 0.4) is 0 Å². The summed E-state index contributed by atoms with van der Waals surface area (Å²) in [6.45, 7) is 2.15. The van der Waals surface area contributed by atoms with Crippen LogP contribution in [-0.4, -0.2) is 26.9 Å². The molecule has 0 aliphatic rings. The van der Waals surface area contributed by atoms with Gasteiger partial charge in [0.25, 0.3) is 0 Å². The Kier molecular flexibility index (Phi) is 7.03. The number of aryl methyl sites for hydroxylation is 1. The third-order valence-electron chi connectivity index (χ3n) is 4.11. The maximum absolute atomic E-state index is 12.5. The Bertz CT molecular complexity index is 688. The molecule has 2 atom stereocenters. The number of rotatable bonds is 9. The van der Waals surface area contributed by atoms with Crippen molar-refractivity contribution in [1.82, 2.24) is 9.97 Å². The van der Waals surface area contributed by atoms with Crippen molar-refractivity contribution < 1.29 is 9.90 Å². The number of phenols is 1. The number of carbonyl (C=O) groups excluding carboxylic acids is 1. The van der Waals surface area contributed by atoms with Gasteiger partial charge in [-0.15, -0.1) is 0 Å². The lowest BCUT2D eigenvalue weighted by molar-refractivity contribution is -0.121. The van der Waals surface area contributed by atoms with E-state index in [0.717, 1.165) is 36.9 Å². The number of aromatic hydroxyl groups is 1. The summed E-state index contributed by atoms with van der Waals surface area (Å²) in [5.41, 5.74) is 13.8. The molecule has 0 amide bonds. The topological polar surface area (TPSA) is 115 Å². The lowest BCUT2D eigenvalue weighted by Crippen LogP contribution is -2.40. The van der Waals surface area contributed by atoms with Crippen molar-refractivity contribution in [3.63, 3.8) is 0 Å². The van der Waals surface area contributed by atoms with Gasteiger partial charge in [0.15, 0.2) is 11.6 Å². The highest BCUT2D eigenvalue weighted by molar-refractivity contribution is 5.89. The largest absolute Gasteiger partial charge is 0.508 e. The van der Waals surface area contributed by atoms with E-state index in [0.29, 0.717) is 12.2 Å². The Balaban J connectivity index is 2.00. The first kappa shape index (κ1) is 19.0. The van der Waals surface area contributed by atoms with E-state index in [1.165, 1.54) is 0 Å². The summed E-state index contributed by atoms with van der Waals surface area (Å²) >= 11 is 0. The van der Waals surface area contributed by atoms with Crippen LogP contribution in [0.15, 0.2) is 36.5 Å². The molecule has 6 nitrogen and oxygen atoms in total. The number of nitrogens with two attached hydrogens (primary N) is 2. The number of nitrogens with zero attached hydrogens (tertiary/aromatic N) is 2. The number of hydrogen-bond donors (Lipinski definition) is 3. The fraction of sp³-hybridized carbons (Fsp3) is 0.421. The van der Waals surface area contributed by atoms with Gasteiger partial charge >= 0.3 is 0 Å². The molecule has 0 spiro atoms. The van der Waals surface area contributed by atoms with Crippen LogP contribution in [0.25, 0.3) is 0 Å². The number of ketones is 1. The minimum absolute atomic E-state index is 0.175. The predicted octanol–water partition coefficient (Wildman–Crippen LogP) is 2.05. The standard InChI is InChI=1S/C19H26N4O2/c1-2-3-4-5-14-10-11-22-19(23-14)17(21)18(25)16(20)12-13-6-8-15(24)9-7-13/h6-11,16-17,24H,2-5,12,20-21H2,1H3. The van der Waals surface area contributed by atoms with Crippen LogP contribution in [0.4, 0.5) is 0 Å². The Morgan fingerprint density at radius 2 is 1.88 bits per heavy atom. The van der Waals surface area contributed by atoms with E-state index in [4.69, 9.17) is 11.5 Å². The van der Waals surface area contributed by atoms with Crippen molar-refractivity contribution in [2.24, 2.45) is 11.5 Å². The van der Waals surface area contributed by atoms with Crippen molar-refractivity contribution in [2.45, 2.75) is 51.1 Å². The molecular weight excluding hydrogens is 316 g/mol. The van der Waals surface area contributed by atoms with Crippen LogP contribution in [0, 0.1) is 0 Å². The zero-order valence-electron chi connectivity index (χ0n) is 14.6. The molecule has 5 N–H and O–H groups in total.